The molecular formula is C18H18BrClFNO4. The molecule has 0 saturated carbocycles. The third-order valence-electron chi connectivity index (χ3n) is 3.40. The Hall–Kier alpha value is -1.83. The van der Waals surface area contributed by atoms with Gasteiger partial charge in [-0.05, 0) is 36.8 Å². The van der Waals surface area contributed by atoms with E-state index in [1.807, 2.05) is 6.92 Å². The van der Waals surface area contributed by atoms with Crippen LogP contribution in [0.1, 0.15) is 18.1 Å². The Bertz CT molecular complexity index is 788. The summed E-state index contributed by atoms with van der Waals surface area (Å²) in [7, 11) is 0. The van der Waals surface area contributed by atoms with E-state index in [4.69, 9.17) is 26.2 Å². The molecule has 2 N–H and O–H groups in total. The lowest BCUT2D eigenvalue weighted by Gasteiger charge is -2.15. The predicted octanol–water partition coefficient (Wildman–Crippen LogP) is 4.39. The number of aliphatic carboxylic acids is 1. The van der Waals surface area contributed by atoms with Crippen LogP contribution in [0.4, 0.5) is 4.39 Å². The summed E-state index contributed by atoms with van der Waals surface area (Å²) in [5.41, 5.74) is 1.49. The summed E-state index contributed by atoms with van der Waals surface area (Å²) >= 11 is 9.47. The normalized spacial score (nSPS) is 10.6. The van der Waals surface area contributed by atoms with Crippen LogP contribution in [-0.2, 0) is 17.9 Å². The van der Waals surface area contributed by atoms with Crippen molar-refractivity contribution in [3.05, 3.63) is 56.8 Å². The molecule has 5 nitrogen and oxygen atoms in total. The van der Waals surface area contributed by atoms with Gasteiger partial charge >= 0.3 is 5.97 Å². The topological polar surface area (TPSA) is 67.8 Å². The van der Waals surface area contributed by atoms with E-state index in [-0.39, 0.29) is 18.2 Å². The molecule has 0 bridgehead atoms. The van der Waals surface area contributed by atoms with Crippen LogP contribution in [0.15, 0.2) is 34.8 Å². The van der Waals surface area contributed by atoms with Gasteiger partial charge in [-0.15, -0.1) is 0 Å². The molecule has 0 unspecified atom stereocenters. The predicted molar refractivity (Wildman–Crippen MR) is 100 cm³/mol. The van der Waals surface area contributed by atoms with E-state index in [0.717, 1.165) is 10.0 Å². The lowest BCUT2D eigenvalue weighted by atomic mass is 10.2. The summed E-state index contributed by atoms with van der Waals surface area (Å²) in [4.78, 5) is 10.6. The highest BCUT2D eigenvalue weighted by Crippen LogP contribution is 2.35. The zero-order valence-corrected chi connectivity index (χ0v) is 16.4. The second-order valence-electron chi connectivity index (χ2n) is 5.35. The highest BCUT2D eigenvalue weighted by atomic mass is 79.9. The minimum atomic E-state index is -0.928. The zero-order valence-electron chi connectivity index (χ0n) is 14.0. The third kappa shape index (κ3) is 5.86. The molecule has 0 spiro atoms. The molecule has 2 aromatic carbocycles. The number of nitrogens with one attached hydrogen (secondary N) is 1. The molecule has 2 rings (SSSR count). The molecule has 0 heterocycles. The van der Waals surface area contributed by atoms with E-state index in [1.165, 1.54) is 12.1 Å². The van der Waals surface area contributed by atoms with E-state index in [2.05, 4.69) is 21.2 Å². The summed E-state index contributed by atoms with van der Waals surface area (Å²) < 4.78 is 25.3. The average Bonchev–Trinajstić information content (AvgIpc) is 2.57. The summed E-state index contributed by atoms with van der Waals surface area (Å²) in [6.45, 7) is 2.67. The van der Waals surface area contributed by atoms with Gasteiger partial charge in [-0.1, -0.05) is 33.6 Å². The number of ether oxygens (including phenoxy) is 2. The molecular weight excluding hydrogens is 429 g/mol. The van der Waals surface area contributed by atoms with Crippen molar-refractivity contribution in [2.24, 2.45) is 0 Å². The quantitative estimate of drug-likeness (QED) is 0.598. The first-order chi connectivity index (χ1) is 12.4. The molecule has 140 valence electrons. The molecule has 0 aliphatic heterocycles. The van der Waals surface area contributed by atoms with E-state index in [1.54, 1.807) is 18.2 Å². The van der Waals surface area contributed by atoms with Crippen molar-refractivity contribution >= 4 is 33.5 Å². The Morgan fingerprint density at radius 2 is 1.96 bits per heavy atom. The molecule has 0 amide bonds. The lowest BCUT2D eigenvalue weighted by Crippen LogP contribution is -2.22. The lowest BCUT2D eigenvalue weighted by molar-refractivity contribution is -0.135. The van der Waals surface area contributed by atoms with Crippen LogP contribution in [0.3, 0.4) is 0 Å². The largest absolute Gasteiger partial charge is 0.490 e. The van der Waals surface area contributed by atoms with Crippen molar-refractivity contribution < 1.29 is 23.8 Å². The van der Waals surface area contributed by atoms with Gasteiger partial charge in [0.05, 0.1) is 18.2 Å². The first-order valence-electron chi connectivity index (χ1n) is 7.85. The smallest absolute Gasteiger partial charge is 0.317 e. The molecule has 0 saturated heterocycles. The molecule has 0 radical (unpaired) electrons. The second-order valence-corrected chi connectivity index (χ2v) is 6.61. The van der Waals surface area contributed by atoms with Crippen LogP contribution < -0.4 is 14.8 Å². The van der Waals surface area contributed by atoms with Crippen LogP contribution in [0, 0.1) is 5.82 Å². The van der Waals surface area contributed by atoms with Gasteiger partial charge < -0.3 is 19.9 Å². The summed E-state index contributed by atoms with van der Waals surface area (Å²) in [6.07, 6.45) is 0. The maximum Gasteiger partial charge on any atom is 0.317 e. The summed E-state index contributed by atoms with van der Waals surface area (Å²) in [6, 6.07) is 7.65. The van der Waals surface area contributed by atoms with Crippen molar-refractivity contribution in [1.82, 2.24) is 5.32 Å². The molecule has 0 atom stereocenters. The highest BCUT2D eigenvalue weighted by molar-refractivity contribution is 9.10. The maximum absolute atomic E-state index is 13.1. The number of hydrogen-bond donors (Lipinski definition) is 2. The maximum atomic E-state index is 13.1. The van der Waals surface area contributed by atoms with Gasteiger partial charge in [-0.3, -0.25) is 4.79 Å². The highest BCUT2D eigenvalue weighted by Gasteiger charge is 2.12. The number of carboxylic acids is 1. The van der Waals surface area contributed by atoms with Gasteiger partial charge in [0.2, 0.25) is 0 Å². The first-order valence-corrected chi connectivity index (χ1v) is 9.02. The fraction of sp³-hybridized carbons (Fsp3) is 0.278. The van der Waals surface area contributed by atoms with Crippen molar-refractivity contribution in [2.45, 2.75) is 20.1 Å². The number of hydrogen-bond acceptors (Lipinski definition) is 4. The van der Waals surface area contributed by atoms with Crippen molar-refractivity contribution in [3.8, 4) is 11.5 Å². The van der Waals surface area contributed by atoms with Crippen molar-refractivity contribution in [2.75, 3.05) is 13.2 Å². The SMILES string of the molecule is CCOc1cc(CNCC(=O)O)c(Br)cc1OCc1ccc(F)cc1Cl. The minimum Gasteiger partial charge on any atom is -0.490 e. The fourth-order valence-electron chi connectivity index (χ4n) is 2.19. The number of halogens is 3. The Morgan fingerprint density at radius 3 is 2.62 bits per heavy atom. The van der Waals surface area contributed by atoms with Gasteiger partial charge in [-0.2, -0.15) is 0 Å². The van der Waals surface area contributed by atoms with Gasteiger partial charge in [0.1, 0.15) is 12.4 Å². The van der Waals surface area contributed by atoms with Gasteiger partial charge in [-0.25, -0.2) is 4.39 Å². The molecule has 8 heteroatoms. The standard InChI is InChI=1S/C18H18BrClFNO4/c1-2-25-16-5-12(8-22-9-18(23)24)14(19)7-17(16)26-10-11-3-4-13(21)6-15(11)20/h3-7,22H,2,8-10H2,1H3,(H,23,24). The fourth-order valence-corrected chi connectivity index (χ4v) is 2.88. The Kier molecular flexibility index (Phi) is 7.68. The molecule has 0 aliphatic rings. The van der Waals surface area contributed by atoms with Gasteiger partial charge in [0.15, 0.2) is 11.5 Å². The number of benzene rings is 2. The number of carbonyl (C=O) groups is 1. The minimum absolute atomic E-state index is 0.141. The van der Waals surface area contributed by atoms with Crippen molar-refractivity contribution in [1.29, 1.82) is 0 Å². The van der Waals surface area contributed by atoms with Gasteiger partial charge in [0, 0.05) is 16.6 Å². The van der Waals surface area contributed by atoms with Crippen LogP contribution in [0.2, 0.25) is 5.02 Å². The van der Waals surface area contributed by atoms with Crippen LogP contribution in [0.5, 0.6) is 11.5 Å². The second kappa shape index (κ2) is 9.75. The summed E-state index contributed by atoms with van der Waals surface area (Å²) in [5.74, 6) is -0.306. The first kappa shape index (κ1) is 20.5. The van der Waals surface area contributed by atoms with E-state index in [0.29, 0.717) is 30.2 Å². The Morgan fingerprint density at radius 1 is 1.23 bits per heavy atom. The van der Waals surface area contributed by atoms with E-state index in [9.17, 15) is 9.18 Å². The third-order valence-corrected chi connectivity index (χ3v) is 4.49. The van der Waals surface area contributed by atoms with Crippen LogP contribution >= 0.6 is 27.5 Å². The molecule has 2 aromatic rings. The monoisotopic (exact) mass is 445 g/mol. The Labute approximate surface area is 164 Å². The molecule has 0 aromatic heterocycles. The van der Waals surface area contributed by atoms with Crippen LogP contribution in [0.25, 0.3) is 0 Å². The number of rotatable bonds is 9. The van der Waals surface area contributed by atoms with Crippen LogP contribution in [-0.4, -0.2) is 24.2 Å². The van der Waals surface area contributed by atoms with E-state index < -0.39 is 11.8 Å². The average molecular weight is 447 g/mol. The molecule has 26 heavy (non-hydrogen) atoms. The zero-order chi connectivity index (χ0) is 19.1. The van der Waals surface area contributed by atoms with Gasteiger partial charge in [0.25, 0.3) is 0 Å². The number of carboxylic acid groups (broad SMARTS) is 1. The van der Waals surface area contributed by atoms with Crippen molar-refractivity contribution in [3.63, 3.8) is 0 Å². The molecule has 0 aliphatic carbocycles. The molecule has 0 fully saturated rings. The summed E-state index contributed by atoms with van der Waals surface area (Å²) in [5, 5.41) is 11.8. The Balaban J connectivity index is 2.15. The van der Waals surface area contributed by atoms with E-state index >= 15 is 0 Å².